The summed E-state index contributed by atoms with van der Waals surface area (Å²) < 4.78 is 14.7. The van der Waals surface area contributed by atoms with Gasteiger partial charge in [-0.2, -0.15) is 0 Å². The molecule has 12 heavy (non-hydrogen) atoms. The van der Waals surface area contributed by atoms with E-state index in [4.69, 9.17) is 14.2 Å². The first-order valence-corrected chi connectivity index (χ1v) is 3.74. The quantitative estimate of drug-likeness (QED) is 0.551. The smallest absolute Gasteiger partial charge is 0.185 e. The second-order valence-corrected chi connectivity index (χ2v) is 2.69. The van der Waals surface area contributed by atoms with E-state index in [1.807, 2.05) is 0 Å². The molecule has 1 rings (SSSR count). The summed E-state index contributed by atoms with van der Waals surface area (Å²) in [6.07, 6.45) is -3.24. The van der Waals surface area contributed by atoms with Crippen LogP contribution in [-0.4, -0.2) is 55.6 Å². The first-order valence-electron chi connectivity index (χ1n) is 3.74. The summed E-state index contributed by atoms with van der Waals surface area (Å²) in [6.45, 7) is 0.229. The molecule has 5 nitrogen and oxygen atoms in total. The van der Waals surface area contributed by atoms with Gasteiger partial charge >= 0.3 is 0 Å². The van der Waals surface area contributed by atoms with E-state index in [1.165, 1.54) is 14.2 Å². The Kier molecular flexibility index (Phi) is 3.42. The minimum Gasteiger partial charge on any atom is -0.387 e. The maximum atomic E-state index is 9.40. The van der Waals surface area contributed by atoms with E-state index in [9.17, 15) is 10.2 Å². The molecule has 0 saturated carbocycles. The molecule has 1 aliphatic heterocycles. The standard InChI is InChI=1S/C7H14O5/c1-10-4-3-12-7(11-2)6(9)5(4)8/h4-9H,3H2,1-2H3/t4-,5-,6+,7-/m1/s1. The number of aliphatic hydroxyl groups excluding tert-OH is 2. The van der Waals surface area contributed by atoms with Gasteiger partial charge in [-0.05, 0) is 0 Å². The van der Waals surface area contributed by atoms with E-state index in [2.05, 4.69) is 0 Å². The van der Waals surface area contributed by atoms with Crippen LogP contribution < -0.4 is 0 Å². The molecule has 0 aromatic rings. The molecular formula is C7H14O5. The zero-order valence-corrected chi connectivity index (χ0v) is 7.14. The van der Waals surface area contributed by atoms with E-state index in [-0.39, 0.29) is 6.61 Å². The number of hydrogen-bond acceptors (Lipinski definition) is 5. The molecule has 0 bridgehead atoms. The average molecular weight is 178 g/mol. The molecule has 1 fully saturated rings. The van der Waals surface area contributed by atoms with Crippen molar-refractivity contribution in [1.29, 1.82) is 0 Å². The molecule has 0 radical (unpaired) electrons. The molecule has 0 unspecified atom stereocenters. The molecule has 72 valence electrons. The summed E-state index contributed by atoms with van der Waals surface area (Å²) in [5.74, 6) is 0. The largest absolute Gasteiger partial charge is 0.387 e. The zero-order valence-electron chi connectivity index (χ0n) is 7.14. The second-order valence-electron chi connectivity index (χ2n) is 2.69. The van der Waals surface area contributed by atoms with Crippen LogP contribution in [0.4, 0.5) is 0 Å². The van der Waals surface area contributed by atoms with Crippen LogP contribution in [0.5, 0.6) is 0 Å². The average Bonchev–Trinajstić information content (AvgIpc) is 2.10. The number of methoxy groups -OCH3 is 2. The van der Waals surface area contributed by atoms with Gasteiger partial charge in [-0.3, -0.25) is 0 Å². The summed E-state index contributed by atoms with van der Waals surface area (Å²) in [7, 11) is 2.87. The first-order chi connectivity index (χ1) is 5.70. The second kappa shape index (κ2) is 4.15. The van der Waals surface area contributed by atoms with E-state index in [0.717, 1.165) is 0 Å². The van der Waals surface area contributed by atoms with Gasteiger partial charge in [-0.15, -0.1) is 0 Å². The van der Waals surface area contributed by atoms with Crippen LogP contribution in [0.2, 0.25) is 0 Å². The van der Waals surface area contributed by atoms with Gasteiger partial charge in [0, 0.05) is 14.2 Å². The van der Waals surface area contributed by atoms with Crippen molar-refractivity contribution in [1.82, 2.24) is 0 Å². The Hall–Kier alpha value is -0.200. The van der Waals surface area contributed by atoms with Crippen LogP contribution in [0, 0.1) is 0 Å². The molecule has 0 amide bonds. The van der Waals surface area contributed by atoms with E-state index < -0.39 is 24.6 Å². The molecule has 2 N–H and O–H groups in total. The summed E-state index contributed by atoms with van der Waals surface area (Å²) >= 11 is 0. The Morgan fingerprint density at radius 1 is 1.17 bits per heavy atom. The molecule has 4 atom stereocenters. The topological polar surface area (TPSA) is 68.2 Å². The van der Waals surface area contributed by atoms with Gasteiger partial charge in [0.05, 0.1) is 6.61 Å². The number of hydrogen-bond donors (Lipinski definition) is 2. The third-order valence-electron chi connectivity index (χ3n) is 1.97. The third kappa shape index (κ3) is 1.75. The molecule has 0 aromatic heterocycles. The summed E-state index contributed by atoms with van der Waals surface area (Å²) in [4.78, 5) is 0. The monoisotopic (exact) mass is 178 g/mol. The van der Waals surface area contributed by atoms with Crippen molar-refractivity contribution < 1.29 is 24.4 Å². The fourth-order valence-corrected chi connectivity index (χ4v) is 1.18. The zero-order chi connectivity index (χ0) is 9.14. The van der Waals surface area contributed by atoms with Crippen molar-refractivity contribution in [3.63, 3.8) is 0 Å². The highest BCUT2D eigenvalue weighted by atomic mass is 16.7. The highest BCUT2D eigenvalue weighted by Crippen LogP contribution is 2.17. The summed E-state index contributed by atoms with van der Waals surface area (Å²) in [5, 5.41) is 18.8. The Balaban J connectivity index is 2.52. The fraction of sp³-hybridized carbons (Fsp3) is 1.00. The minimum atomic E-state index is -1.05. The first kappa shape index (κ1) is 9.88. The highest BCUT2D eigenvalue weighted by Gasteiger charge is 2.38. The number of aliphatic hydroxyl groups is 2. The van der Waals surface area contributed by atoms with Gasteiger partial charge < -0.3 is 24.4 Å². The molecule has 1 aliphatic rings. The lowest BCUT2D eigenvalue weighted by Crippen LogP contribution is -2.54. The lowest BCUT2D eigenvalue weighted by atomic mass is 10.1. The van der Waals surface area contributed by atoms with Gasteiger partial charge in [0.15, 0.2) is 6.29 Å². The van der Waals surface area contributed by atoms with Crippen molar-refractivity contribution in [3.8, 4) is 0 Å². The van der Waals surface area contributed by atoms with Crippen LogP contribution in [0.15, 0.2) is 0 Å². The predicted molar refractivity (Wildman–Crippen MR) is 39.6 cm³/mol. The van der Waals surface area contributed by atoms with Crippen LogP contribution in [0.25, 0.3) is 0 Å². The number of rotatable bonds is 2. The van der Waals surface area contributed by atoms with Crippen molar-refractivity contribution in [2.75, 3.05) is 20.8 Å². The third-order valence-corrected chi connectivity index (χ3v) is 1.97. The highest BCUT2D eigenvalue weighted by molar-refractivity contribution is 4.83. The van der Waals surface area contributed by atoms with Crippen LogP contribution >= 0.6 is 0 Å². The Labute approximate surface area is 70.9 Å². The minimum absolute atomic E-state index is 0.229. The van der Waals surface area contributed by atoms with Gasteiger partial charge in [0.25, 0.3) is 0 Å². The van der Waals surface area contributed by atoms with Crippen LogP contribution in [-0.2, 0) is 14.2 Å². The fourth-order valence-electron chi connectivity index (χ4n) is 1.18. The van der Waals surface area contributed by atoms with Crippen molar-refractivity contribution in [2.24, 2.45) is 0 Å². The molecule has 5 heteroatoms. The SMILES string of the molecule is CO[C@@H]1OC[C@@H](OC)[C@@H](O)[C@@H]1O. The molecule has 0 aromatic carbocycles. The molecule has 0 aliphatic carbocycles. The molecule has 0 spiro atoms. The Morgan fingerprint density at radius 2 is 1.83 bits per heavy atom. The molecule has 1 heterocycles. The van der Waals surface area contributed by atoms with Crippen molar-refractivity contribution in [2.45, 2.75) is 24.6 Å². The maximum Gasteiger partial charge on any atom is 0.185 e. The predicted octanol–water partition coefficient (Wildman–Crippen LogP) is -1.27. The summed E-state index contributed by atoms with van der Waals surface area (Å²) in [6, 6.07) is 0. The van der Waals surface area contributed by atoms with E-state index >= 15 is 0 Å². The summed E-state index contributed by atoms with van der Waals surface area (Å²) in [5.41, 5.74) is 0. The van der Waals surface area contributed by atoms with E-state index in [1.54, 1.807) is 0 Å². The van der Waals surface area contributed by atoms with Gasteiger partial charge in [0.1, 0.15) is 18.3 Å². The van der Waals surface area contributed by atoms with Crippen LogP contribution in [0.1, 0.15) is 0 Å². The van der Waals surface area contributed by atoms with Crippen LogP contribution in [0.3, 0.4) is 0 Å². The van der Waals surface area contributed by atoms with Crippen molar-refractivity contribution >= 4 is 0 Å². The normalized spacial score (nSPS) is 43.0. The Morgan fingerprint density at radius 3 is 2.33 bits per heavy atom. The van der Waals surface area contributed by atoms with Gasteiger partial charge in [0.2, 0.25) is 0 Å². The lowest BCUT2D eigenvalue weighted by molar-refractivity contribution is -0.265. The molecule has 1 saturated heterocycles. The van der Waals surface area contributed by atoms with Crippen molar-refractivity contribution in [3.05, 3.63) is 0 Å². The van der Waals surface area contributed by atoms with E-state index in [0.29, 0.717) is 0 Å². The molecular weight excluding hydrogens is 164 g/mol. The Bertz CT molecular complexity index is 124. The number of ether oxygens (including phenoxy) is 3. The van der Waals surface area contributed by atoms with Gasteiger partial charge in [-0.1, -0.05) is 0 Å². The van der Waals surface area contributed by atoms with Gasteiger partial charge in [-0.25, -0.2) is 0 Å². The maximum absolute atomic E-state index is 9.40. The lowest BCUT2D eigenvalue weighted by Gasteiger charge is -2.35.